The number of pyridine rings is 1. The smallest absolute Gasteiger partial charge is 0.408 e. The molecule has 58 heavy (non-hydrogen) atoms. The number of allylic oxidation sites excluding steroid dienone is 1. The predicted octanol–water partition coefficient (Wildman–Crippen LogP) is 4.93. The zero-order chi connectivity index (χ0) is 42.0. The van der Waals surface area contributed by atoms with Crippen LogP contribution in [0.25, 0.3) is 10.8 Å². The Morgan fingerprint density at radius 2 is 1.83 bits per heavy atom. The number of carbonyl (C=O) groups excluding carboxylic acids is 4. The van der Waals surface area contributed by atoms with Gasteiger partial charge in [0.15, 0.2) is 5.60 Å². The van der Waals surface area contributed by atoms with Crippen LogP contribution in [0.4, 0.5) is 13.6 Å². The van der Waals surface area contributed by atoms with Crippen LogP contribution in [0.3, 0.4) is 0 Å². The second-order valence-corrected chi connectivity index (χ2v) is 19.9. The van der Waals surface area contributed by atoms with Gasteiger partial charge in [-0.15, -0.1) is 0 Å². The number of nitrogens with zero attached hydrogens (tertiary/aromatic N) is 2. The Morgan fingerprint density at radius 3 is 2.53 bits per heavy atom. The molecular formula is C41H53F2N5O9S. The molecule has 3 N–H and O–H groups in total. The topological polar surface area (TPSA) is 182 Å². The summed E-state index contributed by atoms with van der Waals surface area (Å²) in [4.78, 5) is 62.4. The van der Waals surface area contributed by atoms with Gasteiger partial charge in [-0.2, -0.15) is 0 Å². The maximum absolute atomic E-state index is 14.8. The van der Waals surface area contributed by atoms with Crippen LogP contribution in [0.2, 0.25) is 0 Å². The van der Waals surface area contributed by atoms with Crippen molar-refractivity contribution >= 4 is 44.6 Å². The van der Waals surface area contributed by atoms with Gasteiger partial charge < -0.3 is 29.7 Å². The zero-order valence-corrected chi connectivity index (χ0v) is 34.5. The summed E-state index contributed by atoms with van der Waals surface area (Å²) in [5.41, 5.74) is -2.76. The van der Waals surface area contributed by atoms with Crippen LogP contribution in [0.15, 0.2) is 36.5 Å². The van der Waals surface area contributed by atoms with Crippen molar-refractivity contribution in [1.29, 1.82) is 0 Å². The average molecular weight is 830 g/mol. The molecule has 1 aromatic heterocycles. The van der Waals surface area contributed by atoms with Crippen molar-refractivity contribution in [1.82, 2.24) is 25.2 Å². The van der Waals surface area contributed by atoms with Crippen molar-refractivity contribution in [2.24, 2.45) is 17.8 Å². The molecule has 4 heterocycles. The van der Waals surface area contributed by atoms with Crippen LogP contribution >= 0.6 is 0 Å². The number of ether oxygens (including phenoxy) is 3. The Labute approximate surface area is 337 Å². The number of nitrogens with one attached hydrogen (secondary N) is 3. The monoisotopic (exact) mass is 829 g/mol. The molecule has 0 radical (unpaired) electrons. The van der Waals surface area contributed by atoms with Crippen molar-refractivity contribution in [3.8, 4) is 11.6 Å². The SMILES string of the molecule is C[C@@H]1CC/C=C\[C@@H]2C[C@@]2(C(=O)NS(=O)(=O)C2(C)CC2)NC(=O)[C@@H]2C[C@@H](Oc3nccc4c5c(ccc34)CCO5)CN2C(=O)[C@@H](NC(=O)OC(C)(C)C(C)(F)F)[C@H](C)C1. The van der Waals surface area contributed by atoms with E-state index >= 15 is 0 Å². The van der Waals surface area contributed by atoms with Gasteiger partial charge in [0.1, 0.15) is 29.5 Å². The molecule has 316 valence electrons. The third-order valence-electron chi connectivity index (χ3n) is 12.8. The van der Waals surface area contributed by atoms with E-state index in [1.807, 2.05) is 37.3 Å². The Morgan fingerprint density at radius 1 is 1.09 bits per heavy atom. The second kappa shape index (κ2) is 14.9. The van der Waals surface area contributed by atoms with Gasteiger partial charge in [0.05, 0.1) is 17.9 Å². The van der Waals surface area contributed by atoms with Crippen LogP contribution in [-0.4, -0.2) is 95.3 Å². The number of sulfonamides is 1. The number of aromatic nitrogens is 1. The number of carbonyl (C=O) groups is 4. The first-order valence-corrected chi connectivity index (χ1v) is 21.6. The third kappa shape index (κ3) is 7.94. The first-order valence-electron chi connectivity index (χ1n) is 20.1. The molecule has 4 amide bonds. The highest BCUT2D eigenvalue weighted by atomic mass is 32.2. The highest BCUT2D eigenvalue weighted by molar-refractivity contribution is 7.91. The maximum Gasteiger partial charge on any atom is 0.408 e. The van der Waals surface area contributed by atoms with Crippen molar-refractivity contribution in [2.75, 3.05) is 13.2 Å². The van der Waals surface area contributed by atoms with Crippen molar-refractivity contribution in [3.63, 3.8) is 0 Å². The summed E-state index contributed by atoms with van der Waals surface area (Å²) < 4.78 is 73.9. The van der Waals surface area contributed by atoms with Gasteiger partial charge in [-0.05, 0) is 88.8 Å². The van der Waals surface area contributed by atoms with Gasteiger partial charge in [0.25, 0.3) is 11.8 Å². The standard InChI is InChI=1S/C41H53F2N5O9S/c1-23-9-7-8-10-26-21-41(26,36(51)47-58(53,54)39(5)15-16-39)46-33(49)30-20-27(56-34-29-12-11-25-14-18-55-32(25)28(29)13-17-44-34)22-48(30)35(50)31(24(2)19-23)45-37(52)57-38(3,4)40(6,42)43/h8,10-13,17,23-24,26-27,30-31H,7,9,14-16,18-22H2,1-6H3,(H,45,52)(H,46,49)(H,47,51)/b10-8-/t23-,24-,26-,27-,30+,31+,41-/m1/s1. The van der Waals surface area contributed by atoms with E-state index in [4.69, 9.17) is 14.2 Å². The molecule has 0 unspecified atom stereocenters. The van der Waals surface area contributed by atoms with Gasteiger partial charge in [0.2, 0.25) is 27.7 Å². The first-order chi connectivity index (χ1) is 27.1. The van der Waals surface area contributed by atoms with Gasteiger partial charge in [-0.25, -0.2) is 27.0 Å². The predicted molar refractivity (Wildman–Crippen MR) is 209 cm³/mol. The lowest BCUT2D eigenvalue weighted by Gasteiger charge is -2.35. The molecule has 3 aliphatic heterocycles. The quantitative estimate of drug-likeness (QED) is 0.309. The lowest BCUT2D eigenvalue weighted by atomic mass is 9.88. The summed E-state index contributed by atoms with van der Waals surface area (Å²) in [6, 6.07) is 3.09. The highest BCUT2D eigenvalue weighted by Crippen LogP contribution is 2.48. The molecule has 1 saturated heterocycles. The molecule has 17 heteroatoms. The molecule has 3 fully saturated rings. The number of hydrogen-bond acceptors (Lipinski definition) is 10. The van der Waals surface area contributed by atoms with Gasteiger partial charge in [-0.1, -0.05) is 32.1 Å². The first kappa shape index (κ1) is 41.6. The molecule has 5 aliphatic rings. The lowest BCUT2D eigenvalue weighted by molar-refractivity contribution is -0.152. The number of alkyl halides is 2. The average Bonchev–Trinajstić information content (AvgIpc) is 3.91. The van der Waals surface area contributed by atoms with Crippen molar-refractivity contribution < 1.29 is 50.6 Å². The van der Waals surface area contributed by atoms with Crippen LogP contribution in [-0.2, 0) is 35.6 Å². The zero-order valence-electron chi connectivity index (χ0n) is 33.7. The fourth-order valence-electron chi connectivity index (χ4n) is 8.20. The Bertz CT molecular complexity index is 2140. The van der Waals surface area contributed by atoms with Crippen LogP contribution in [0, 0.1) is 17.8 Å². The normalized spacial score (nSPS) is 30.3. The van der Waals surface area contributed by atoms with Crippen LogP contribution in [0.5, 0.6) is 11.6 Å². The van der Waals surface area contributed by atoms with Gasteiger partial charge in [0, 0.05) is 42.7 Å². The van der Waals surface area contributed by atoms with E-state index in [1.54, 1.807) is 20.0 Å². The molecule has 7 atom stereocenters. The van der Waals surface area contributed by atoms with Gasteiger partial charge in [-0.3, -0.25) is 19.1 Å². The van der Waals surface area contributed by atoms with Crippen LogP contribution in [0.1, 0.15) is 92.1 Å². The molecule has 0 spiro atoms. The van der Waals surface area contributed by atoms with Crippen molar-refractivity contribution in [3.05, 3.63) is 42.1 Å². The Kier molecular flexibility index (Phi) is 10.7. The van der Waals surface area contributed by atoms with Crippen molar-refractivity contribution in [2.45, 2.75) is 133 Å². The van der Waals surface area contributed by atoms with E-state index in [2.05, 4.69) is 20.3 Å². The van der Waals surface area contributed by atoms with E-state index in [0.29, 0.717) is 51.0 Å². The Balaban J connectivity index is 1.22. The summed E-state index contributed by atoms with van der Waals surface area (Å²) >= 11 is 0. The minimum Gasteiger partial charge on any atom is -0.492 e. The largest absolute Gasteiger partial charge is 0.492 e. The number of halogens is 2. The summed E-state index contributed by atoms with van der Waals surface area (Å²) in [7, 11) is -4.05. The number of hydrogen-bond donors (Lipinski definition) is 3. The lowest BCUT2D eigenvalue weighted by Crippen LogP contribution is -2.59. The summed E-state index contributed by atoms with van der Waals surface area (Å²) in [5.74, 6) is -5.70. The minimum absolute atomic E-state index is 0.0269. The maximum atomic E-state index is 14.8. The van der Waals surface area contributed by atoms with E-state index in [-0.39, 0.29) is 31.2 Å². The van der Waals surface area contributed by atoms with E-state index < -0.39 is 85.7 Å². The molecule has 14 nitrogen and oxygen atoms in total. The molecule has 2 aromatic rings. The molecule has 0 bridgehead atoms. The minimum atomic E-state index is -4.05. The summed E-state index contributed by atoms with van der Waals surface area (Å²) in [6.07, 6.45) is 6.63. The summed E-state index contributed by atoms with van der Waals surface area (Å²) in [5, 5.41) is 6.86. The molecule has 2 aliphatic carbocycles. The molecule has 1 aromatic carbocycles. The van der Waals surface area contributed by atoms with Gasteiger partial charge >= 0.3 is 6.09 Å². The number of amides is 4. The molecular weight excluding hydrogens is 777 g/mol. The number of rotatable bonds is 8. The number of alkyl carbamates (subject to hydrolysis) is 1. The molecule has 2 saturated carbocycles. The number of fused-ring (bicyclic) bond motifs is 5. The second-order valence-electron chi connectivity index (χ2n) is 17.7. The fraction of sp³-hybridized carbons (Fsp3) is 0.634. The highest BCUT2D eigenvalue weighted by Gasteiger charge is 2.63. The number of benzene rings is 1. The Hall–Kier alpha value is -4.54. The molecule has 7 rings (SSSR count). The van der Waals surface area contributed by atoms with E-state index in [1.165, 1.54) is 4.90 Å². The fourth-order valence-corrected chi connectivity index (χ4v) is 9.51. The van der Waals surface area contributed by atoms with Crippen LogP contribution < -0.4 is 24.8 Å². The van der Waals surface area contributed by atoms with E-state index in [0.717, 1.165) is 37.0 Å². The third-order valence-corrected chi connectivity index (χ3v) is 14.9. The van der Waals surface area contributed by atoms with E-state index in [9.17, 15) is 36.4 Å². The summed E-state index contributed by atoms with van der Waals surface area (Å²) in [6.45, 7) is 8.50.